The Kier molecular flexibility index (Phi) is 6.00. The summed E-state index contributed by atoms with van der Waals surface area (Å²) in [5.74, 6) is -5.44. The summed E-state index contributed by atoms with van der Waals surface area (Å²) in [6.07, 6.45) is 2.71. The first-order chi connectivity index (χ1) is 18.4. The predicted octanol–water partition coefficient (Wildman–Crippen LogP) is 1.88. The van der Waals surface area contributed by atoms with E-state index >= 15 is 0 Å². The maximum absolute atomic E-state index is 13.9. The van der Waals surface area contributed by atoms with Gasteiger partial charge in [0.15, 0.2) is 11.4 Å². The van der Waals surface area contributed by atoms with Crippen LogP contribution in [0.2, 0.25) is 0 Å². The first-order valence-corrected chi connectivity index (χ1v) is 12.1. The third-order valence-electron chi connectivity index (χ3n) is 7.76. The highest BCUT2D eigenvalue weighted by Gasteiger charge is 2.60. The van der Waals surface area contributed by atoms with Crippen molar-refractivity contribution < 1.29 is 34.8 Å². The zero-order chi connectivity index (χ0) is 28.4. The number of aliphatic hydroxyl groups is 2. The number of carbonyl (C=O) groups is 3. The van der Waals surface area contributed by atoms with Gasteiger partial charge in [0, 0.05) is 23.9 Å². The van der Waals surface area contributed by atoms with E-state index in [0.29, 0.717) is 22.1 Å². The fourth-order valence-electron chi connectivity index (χ4n) is 5.53. The molecule has 11 nitrogen and oxygen atoms in total. The van der Waals surface area contributed by atoms with Crippen LogP contribution in [0.3, 0.4) is 0 Å². The van der Waals surface area contributed by atoms with Crippen molar-refractivity contribution in [1.29, 1.82) is 0 Å². The number of pyridine rings is 1. The second-order valence-corrected chi connectivity index (χ2v) is 9.87. The zero-order valence-electron chi connectivity index (χ0n) is 21.3. The van der Waals surface area contributed by atoms with Gasteiger partial charge in [0.05, 0.1) is 28.3 Å². The maximum atomic E-state index is 13.9. The summed E-state index contributed by atoms with van der Waals surface area (Å²) in [5, 5.41) is 49.2. The number of Topliss-reactive ketones (excluding diaryl/α,β-unsaturated/α-hetero) is 2. The van der Waals surface area contributed by atoms with E-state index in [0.717, 1.165) is 0 Å². The van der Waals surface area contributed by atoms with Crippen LogP contribution >= 0.6 is 0 Å². The van der Waals surface area contributed by atoms with Crippen molar-refractivity contribution in [1.82, 2.24) is 10.4 Å². The largest absolute Gasteiger partial charge is 0.508 e. The number of aryl methyl sites for hydroxylation is 2. The lowest BCUT2D eigenvalue weighted by Gasteiger charge is -2.45. The van der Waals surface area contributed by atoms with Crippen LogP contribution < -0.4 is 11.2 Å². The summed E-state index contributed by atoms with van der Waals surface area (Å²) < 4.78 is 0. The highest BCUT2D eigenvalue weighted by Crippen LogP contribution is 2.50. The van der Waals surface area contributed by atoms with Gasteiger partial charge in [-0.05, 0) is 61.4 Å². The number of phenolic OH excluding ortho intramolecular Hbond substituents is 2. The number of fused-ring (bicyclic) bond motifs is 3. The number of aliphatic hydroxyl groups excluding tert-OH is 1. The third kappa shape index (κ3) is 3.62. The van der Waals surface area contributed by atoms with Crippen LogP contribution in [0, 0.1) is 19.8 Å². The van der Waals surface area contributed by atoms with Crippen LogP contribution in [-0.2, 0) is 11.2 Å². The maximum Gasteiger partial charge on any atom is 0.271 e. The summed E-state index contributed by atoms with van der Waals surface area (Å²) in [6, 6.07) is 4.85. The van der Waals surface area contributed by atoms with Gasteiger partial charge < -0.3 is 26.2 Å². The molecule has 0 bridgehead atoms. The minimum absolute atomic E-state index is 0.0399. The van der Waals surface area contributed by atoms with Crippen molar-refractivity contribution in [2.24, 2.45) is 16.8 Å². The molecule has 5 rings (SSSR count). The fraction of sp³-hybridized carbons (Fsp3) is 0.250. The number of aromatic hydroxyl groups is 2. The van der Waals surface area contributed by atoms with Crippen molar-refractivity contribution >= 4 is 34.0 Å². The molecule has 2 aliphatic carbocycles. The van der Waals surface area contributed by atoms with Crippen LogP contribution in [0.5, 0.6) is 11.5 Å². The smallest absolute Gasteiger partial charge is 0.271 e. The number of nitrogens with one attached hydrogen (secondary N) is 1. The molecule has 1 aromatic heterocycles. The number of hydrogen-bond acceptors (Lipinski definition) is 10. The summed E-state index contributed by atoms with van der Waals surface area (Å²) >= 11 is 0. The normalized spacial score (nSPS) is 23.1. The molecule has 1 heterocycles. The summed E-state index contributed by atoms with van der Waals surface area (Å²) in [6.45, 7) is 4.65. The van der Waals surface area contributed by atoms with Gasteiger partial charge in [0.25, 0.3) is 5.91 Å². The van der Waals surface area contributed by atoms with Gasteiger partial charge in [-0.25, -0.2) is 5.43 Å². The molecular formula is C28H26N4O7. The van der Waals surface area contributed by atoms with Crippen LogP contribution in [0.1, 0.15) is 44.3 Å². The van der Waals surface area contributed by atoms with E-state index in [1.807, 2.05) is 0 Å². The average Bonchev–Trinajstić information content (AvgIpc) is 2.92. The lowest BCUT2D eigenvalue weighted by molar-refractivity contribution is -0.122. The fourth-order valence-corrected chi connectivity index (χ4v) is 5.53. The van der Waals surface area contributed by atoms with E-state index in [1.54, 1.807) is 26.0 Å². The number of rotatable bonds is 3. The summed E-state index contributed by atoms with van der Waals surface area (Å²) in [5.41, 5.74) is 6.51. The number of nitrogens with zero attached hydrogens (tertiary/aromatic N) is 2. The summed E-state index contributed by atoms with van der Waals surface area (Å²) in [7, 11) is 0. The van der Waals surface area contributed by atoms with E-state index in [9.17, 15) is 34.8 Å². The quantitative estimate of drug-likeness (QED) is 0.216. The van der Waals surface area contributed by atoms with E-state index in [4.69, 9.17) is 5.73 Å². The van der Waals surface area contributed by atoms with Gasteiger partial charge >= 0.3 is 0 Å². The number of benzene rings is 2. The number of hydrazone groups is 1. The third-order valence-corrected chi connectivity index (χ3v) is 7.76. The number of amides is 1. The molecule has 0 saturated carbocycles. The van der Waals surface area contributed by atoms with Crippen molar-refractivity contribution in [2.75, 3.05) is 0 Å². The average molecular weight is 531 g/mol. The molecular weight excluding hydrogens is 504 g/mol. The highest BCUT2D eigenvalue weighted by atomic mass is 16.3. The Labute approximate surface area is 222 Å². The monoisotopic (exact) mass is 530 g/mol. The minimum Gasteiger partial charge on any atom is -0.508 e. The first kappa shape index (κ1) is 26.0. The van der Waals surface area contributed by atoms with E-state index in [-0.39, 0.29) is 34.4 Å². The lowest BCUT2D eigenvalue weighted by atomic mass is 9.61. The number of hydrogen-bond donors (Lipinski definition) is 6. The molecule has 0 radical (unpaired) electrons. The van der Waals surface area contributed by atoms with E-state index < -0.39 is 52.1 Å². The predicted molar refractivity (Wildman–Crippen MR) is 141 cm³/mol. The van der Waals surface area contributed by atoms with Crippen molar-refractivity contribution in [3.05, 3.63) is 75.8 Å². The molecule has 3 aromatic rings. The van der Waals surface area contributed by atoms with Gasteiger partial charge in [-0.3, -0.25) is 19.4 Å². The molecule has 3 atom stereocenters. The Morgan fingerprint density at radius 3 is 2.44 bits per heavy atom. The molecule has 39 heavy (non-hydrogen) atoms. The molecule has 0 aliphatic heterocycles. The SMILES string of the molecule is C/C(=N\NC(=O)c1ccncc1)C1=C(O)[C@@]2(O)C(=O)c3c(c(C)c4ccc(C)c(O)c4c3O)C[C@H]2[C@@H](N)C1=O. The number of nitrogens with two attached hydrogens (primary N) is 1. The standard InChI is InChI=1S/C28H26N4O7/c1-11-4-5-15-12(2)16-10-17-21(29)24(35)18(13(3)31-32-27(38)14-6-8-30-9-7-14)25(36)28(17,39)26(37)20(16)23(34)19(15)22(11)33/h4-9,17,21,33-34,36,39H,10,29H2,1-3H3,(H,32,38)/b31-13+/t17-,21+,28+/m0/s1. The van der Waals surface area contributed by atoms with Gasteiger partial charge in [-0.1, -0.05) is 12.1 Å². The molecule has 2 aromatic carbocycles. The van der Waals surface area contributed by atoms with Gasteiger partial charge in [0.1, 0.15) is 17.3 Å². The lowest BCUT2D eigenvalue weighted by Crippen LogP contribution is -2.63. The Morgan fingerprint density at radius 2 is 1.77 bits per heavy atom. The highest BCUT2D eigenvalue weighted by molar-refractivity contribution is 6.27. The first-order valence-electron chi connectivity index (χ1n) is 12.1. The number of ketones is 2. The molecule has 0 fully saturated rings. The van der Waals surface area contributed by atoms with Crippen LogP contribution in [0.25, 0.3) is 10.8 Å². The minimum atomic E-state index is -2.67. The molecule has 0 spiro atoms. The second-order valence-electron chi connectivity index (χ2n) is 9.87. The number of aromatic nitrogens is 1. The molecule has 0 saturated heterocycles. The molecule has 7 N–H and O–H groups in total. The summed E-state index contributed by atoms with van der Waals surface area (Å²) in [4.78, 5) is 43.4. The van der Waals surface area contributed by atoms with Crippen LogP contribution in [0.4, 0.5) is 0 Å². The van der Waals surface area contributed by atoms with Crippen molar-refractivity contribution in [3.8, 4) is 11.5 Å². The molecule has 2 aliphatic rings. The van der Waals surface area contributed by atoms with Gasteiger partial charge in [-0.15, -0.1) is 0 Å². The Hall–Kier alpha value is -4.61. The van der Waals surface area contributed by atoms with Gasteiger partial charge in [0.2, 0.25) is 5.78 Å². The second kappa shape index (κ2) is 9.00. The van der Waals surface area contributed by atoms with Crippen molar-refractivity contribution in [2.45, 2.75) is 38.8 Å². The molecule has 1 amide bonds. The molecule has 0 unspecified atom stereocenters. The molecule has 11 heteroatoms. The topological polar surface area (TPSA) is 195 Å². The van der Waals surface area contributed by atoms with Crippen molar-refractivity contribution in [3.63, 3.8) is 0 Å². The number of phenols is 2. The van der Waals surface area contributed by atoms with Gasteiger partial charge in [-0.2, -0.15) is 5.10 Å². The Bertz CT molecular complexity index is 1660. The number of carbonyl (C=O) groups excluding carboxylic acids is 3. The van der Waals surface area contributed by atoms with Crippen LogP contribution in [0.15, 0.2) is 53.1 Å². The molecule has 200 valence electrons. The zero-order valence-corrected chi connectivity index (χ0v) is 21.3. The Morgan fingerprint density at radius 1 is 1.10 bits per heavy atom. The van der Waals surface area contributed by atoms with E-state index in [2.05, 4.69) is 15.5 Å². The van der Waals surface area contributed by atoms with Crippen LogP contribution in [-0.4, -0.2) is 60.2 Å². The van der Waals surface area contributed by atoms with E-state index in [1.165, 1.54) is 31.5 Å². The Balaban J connectivity index is 1.65.